The molecule has 0 heterocycles. The highest BCUT2D eigenvalue weighted by molar-refractivity contribution is 7.99. The summed E-state index contributed by atoms with van der Waals surface area (Å²) >= 11 is 1.84. The van der Waals surface area contributed by atoms with Gasteiger partial charge >= 0.3 is 0 Å². The molecule has 0 fully saturated rings. The zero-order chi connectivity index (χ0) is 9.40. The molecule has 4 heteroatoms. The molecule has 0 aromatic rings. The van der Waals surface area contributed by atoms with Gasteiger partial charge < -0.3 is 5.32 Å². The molecule has 1 N–H and O–H groups in total. The Morgan fingerprint density at radius 3 is 2.58 bits per heavy atom. The van der Waals surface area contributed by atoms with E-state index in [1.807, 2.05) is 18.7 Å². The van der Waals surface area contributed by atoms with E-state index >= 15 is 0 Å². The van der Waals surface area contributed by atoms with Gasteiger partial charge in [-0.05, 0) is 24.9 Å². The summed E-state index contributed by atoms with van der Waals surface area (Å²) in [4.78, 5) is 0. The molecule has 0 aliphatic carbocycles. The zero-order valence-electron chi connectivity index (χ0n) is 7.65. The summed E-state index contributed by atoms with van der Waals surface area (Å²) in [6, 6.07) is 0.207. The van der Waals surface area contributed by atoms with Gasteiger partial charge in [-0.2, -0.15) is 11.8 Å². The maximum Gasteiger partial charge on any atom is 0.250 e. The van der Waals surface area contributed by atoms with E-state index in [9.17, 15) is 8.78 Å². The number of halogens is 2. The minimum absolute atomic E-state index is 0.183. The molecule has 0 aromatic heterocycles. The number of nitrogens with one attached hydrogen (secondary N) is 1. The van der Waals surface area contributed by atoms with Crippen LogP contribution >= 0.6 is 11.8 Å². The first-order chi connectivity index (χ1) is 5.66. The van der Waals surface area contributed by atoms with Crippen molar-refractivity contribution in [3.8, 4) is 0 Å². The van der Waals surface area contributed by atoms with Gasteiger partial charge in [-0.3, -0.25) is 0 Å². The second-order valence-electron chi connectivity index (χ2n) is 2.69. The fourth-order valence-corrected chi connectivity index (χ4v) is 1.61. The van der Waals surface area contributed by atoms with Gasteiger partial charge in [0.1, 0.15) is 0 Å². The van der Waals surface area contributed by atoms with E-state index in [1.165, 1.54) is 0 Å². The molecule has 0 aliphatic heterocycles. The van der Waals surface area contributed by atoms with Crippen LogP contribution in [-0.4, -0.2) is 30.5 Å². The van der Waals surface area contributed by atoms with Gasteiger partial charge in [0.25, 0.3) is 6.43 Å². The SMILES string of the molecule is CCSCCC(C)NCC(F)F. The fraction of sp³-hybridized carbons (Fsp3) is 1.00. The molecule has 0 spiro atoms. The second-order valence-corrected chi connectivity index (χ2v) is 4.08. The molecule has 1 nitrogen and oxygen atoms in total. The topological polar surface area (TPSA) is 12.0 Å². The Morgan fingerprint density at radius 1 is 1.42 bits per heavy atom. The number of hydrogen-bond acceptors (Lipinski definition) is 2. The molecule has 0 aliphatic rings. The lowest BCUT2D eigenvalue weighted by atomic mass is 10.2. The molecule has 0 saturated heterocycles. The maximum atomic E-state index is 11.7. The third-order valence-electron chi connectivity index (χ3n) is 1.52. The summed E-state index contributed by atoms with van der Waals surface area (Å²) in [6.07, 6.45) is -1.27. The highest BCUT2D eigenvalue weighted by atomic mass is 32.2. The molecule has 12 heavy (non-hydrogen) atoms. The predicted molar refractivity (Wildman–Crippen MR) is 51.1 cm³/mol. The van der Waals surface area contributed by atoms with Crippen molar-refractivity contribution in [2.75, 3.05) is 18.1 Å². The van der Waals surface area contributed by atoms with E-state index in [4.69, 9.17) is 0 Å². The average Bonchev–Trinajstić information content (AvgIpc) is 2.01. The van der Waals surface area contributed by atoms with Crippen LogP contribution in [-0.2, 0) is 0 Å². The van der Waals surface area contributed by atoms with E-state index < -0.39 is 6.43 Å². The molecule has 0 amide bonds. The Bertz CT molecular complexity index is 101. The third-order valence-corrected chi connectivity index (χ3v) is 2.45. The third kappa shape index (κ3) is 8.27. The molecule has 0 bridgehead atoms. The molecule has 74 valence electrons. The average molecular weight is 197 g/mol. The van der Waals surface area contributed by atoms with Crippen LogP contribution in [0.2, 0.25) is 0 Å². The Balaban J connectivity index is 3.15. The monoisotopic (exact) mass is 197 g/mol. The van der Waals surface area contributed by atoms with Gasteiger partial charge in [0.15, 0.2) is 0 Å². The smallest absolute Gasteiger partial charge is 0.250 e. The Morgan fingerprint density at radius 2 is 2.08 bits per heavy atom. The van der Waals surface area contributed by atoms with Crippen molar-refractivity contribution in [2.45, 2.75) is 32.7 Å². The van der Waals surface area contributed by atoms with Gasteiger partial charge in [0, 0.05) is 6.04 Å². The lowest BCUT2D eigenvalue weighted by Crippen LogP contribution is -2.30. The van der Waals surface area contributed by atoms with Gasteiger partial charge in [-0.15, -0.1) is 0 Å². The van der Waals surface area contributed by atoms with Crippen LogP contribution in [0.15, 0.2) is 0 Å². The van der Waals surface area contributed by atoms with Gasteiger partial charge in [0.2, 0.25) is 0 Å². The largest absolute Gasteiger partial charge is 0.309 e. The van der Waals surface area contributed by atoms with Crippen molar-refractivity contribution in [3.05, 3.63) is 0 Å². The molecule has 0 aromatic carbocycles. The van der Waals surface area contributed by atoms with Crippen molar-refractivity contribution in [3.63, 3.8) is 0 Å². The lowest BCUT2D eigenvalue weighted by molar-refractivity contribution is 0.142. The van der Waals surface area contributed by atoms with Gasteiger partial charge in [-0.1, -0.05) is 6.92 Å². The quantitative estimate of drug-likeness (QED) is 0.629. The second kappa shape index (κ2) is 7.80. The number of rotatable bonds is 7. The Kier molecular flexibility index (Phi) is 7.91. The molecule has 0 radical (unpaired) electrons. The van der Waals surface area contributed by atoms with Crippen molar-refractivity contribution in [1.82, 2.24) is 5.32 Å². The van der Waals surface area contributed by atoms with Crippen LogP contribution in [0.4, 0.5) is 8.78 Å². The number of thioether (sulfide) groups is 1. The van der Waals surface area contributed by atoms with Crippen LogP contribution in [0.25, 0.3) is 0 Å². The standard InChI is InChI=1S/C8H17F2NS/c1-3-12-5-4-7(2)11-6-8(9)10/h7-8,11H,3-6H2,1-2H3. The van der Waals surface area contributed by atoms with E-state index in [-0.39, 0.29) is 12.6 Å². The first-order valence-electron chi connectivity index (χ1n) is 4.26. The van der Waals surface area contributed by atoms with Crippen molar-refractivity contribution in [2.24, 2.45) is 0 Å². The van der Waals surface area contributed by atoms with Crippen LogP contribution in [0, 0.1) is 0 Å². The fourth-order valence-electron chi connectivity index (χ4n) is 0.797. The van der Waals surface area contributed by atoms with E-state index in [0.717, 1.165) is 17.9 Å². The van der Waals surface area contributed by atoms with Crippen LogP contribution in [0.1, 0.15) is 20.3 Å². The number of hydrogen-bond donors (Lipinski definition) is 1. The maximum absolute atomic E-state index is 11.7. The molecule has 0 rings (SSSR count). The molecule has 1 unspecified atom stereocenters. The summed E-state index contributed by atoms with van der Waals surface area (Å²) in [5.74, 6) is 2.15. The van der Waals surface area contributed by atoms with E-state index in [1.54, 1.807) is 0 Å². The minimum atomic E-state index is -2.23. The van der Waals surface area contributed by atoms with Gasteiger partial charge in [0.05, 0.1) is 6.54 Å². The minimum Gasteiger partial charge on any atom is -0.309 e. The number of alkyl halides is 2. The van der Waals surface area contributed by atoms with Crippen LogP contribution in [0.5, 0.6) is 0 Å². The van der Waals surface area contributed by atoms with Crippen molar-refractivity contribution in [1.29, 1.82) is 0 Å². The summed E-state index contributed by atoms with van der Waals surface area (Å²) in [5, 5.41) is 2.78. The Hall–Kier alpha value is 0.170. The normalized spacial score (nSPS) is 13.8. The van der Waals surface area contributed by atoms with Crippen LogP contribution < -0.4 is 5.32 Å². The van der Waals surface area contributed by atoms with Gasteiger partial charge in [-0.25, -0.2) is 8.78 Å². The lowest BCUT2D eigenvalue weighted by Gasteiger charge is -2.12. The molecular weight excluding hydrogens is 180 g/mol. The van der Waals surface area contributed by atoms with E-state index in [2.05, 4.69) is 12.2 Å². The zero-order valence-corrected chi connectivity index (χ0v) is 8.46. The Labute approximate surface area is 77.3 Å². The first kappa shape index (κ1) is 12.2. The summed E-state index contributed by atoms with van der Waals surface area (Å²) in [6.45, 7) is 3.86. The molecular formula is C8H17F2NS. The molecule has 1 atom stereocenters. The van der Waals surface area contributed by atoms with Crippen molar-refractivity contribution >= 4 is 11.8 Å². The summed E-state index contributed by atoms with van der Waals surface area (Å²) in [5.41, 5.74) is 0. The van der Waals surface area contributed by atoms with Crippen molar-refractivity contribution < 1.29 is 8.78 Å². The highest BCUT2D eigenvalue weighted by Crippen LogP contribution is 2.03. The highest BCUT2D eigenvalue weighted by Gasteiger charge is 2.05. The first-order valence-corrected chi connectivity index (χ1v) is 5.41. The van der Waals surface area contributed by atoms with E-state index in [0.29, 0.717) is 0 Å². The summed E-state index contributed by atoms with van der Waals surface area (Å²) < 4.78 is 23.4. The summed E-state index contributed by atoms with van der Waals surface area (Å²) in [7, 11) is 0. The van der Waals surface area contributed by atoms with Crippen LogP contribution in [0.3, 0.4) is 0 Å². The molecule has 0 saturated carbocycles. The predicted octanol–water partition coefficient (Wildman–Crippen LogP) is 2.37.